The summed E-state index contributed by atoms with van der Waals surface area (Å²) in [6.07, 6.45) is 20.9. The standard InChI is InChI=1S/C34H45NO.C32H47BO3.CO2/c1-6-11-27-12-17-32(35-24-27)31-16-15-30(23-26(31)5)34(7-2,8-3)29-14-13-28(25(4)22-29)18-21-33(36)19-9-10-20-33;1-9-32(10-2,26-14-13-25(23(3)21-26)17-20-31(34)18-11-12-19-31)27-15-16-28(24(4)22-27)33-35-29(5,6)30(7,8)36-33;2-1-3/h12-17,22-24,36H,6-11,18-21H2,1-5H3;13-16,21-22,34H,9-12,17-20H2,1-8H3;. The molecule has 8 heteroatoms. The van der Waals surface area contributed by atoms with Crippen LogP contribution in [0.25, 0.3) is 11.3 Å². The SMILES string of the molecule is CCC(CC)(c1ccc(CCC2(O)CCCC2)c(C)c1)c1ccc(B2OC(C)(C)C(C)(C)O2)c(C)c1.CCCc1ccc(-c2ccc(C(CC)(CC)c3ccc(CCC4(O)CCCC4)c(C)c3)cc2C)nc1.O=C=O. The summed E-state index contributed by atoms with van der Waals surface area (Å²) in [7, 11) is -0.335. The number of rotatable bonds is 18. The Morgan fingerprint density at radius 1 is 0.547 bits per heavy atom. The number of aliphatic hydroxyl groups is 2. The molecule has 0 radical (unpaired) electrons. The Bertz CT molecular complexity index is 2680. The molecule has 0 atom stereocenters. The zero-order chi connectivity index (χ0) is 54.8. The van der Waals surface area contributed by atoms with E-state index in [2.05, 4.69) is 175 Å². The van der Waals surface area contributed by atoms with E-state index in [0.29, 0.717) is 0 Å². The summed E-state index contributed by atoms with van der Waals surface area (Å²) in [5, 5.41) is 21.6. The van der Waals surface area contributed by atoms with Crippen molar-refractivity contribution in [3.8, 4) is 11.3 Å². The van der Waals surface area contributed by atoms with E-state index in [1.54, 1.807) is 0 Å². The molecule has 2 heterocycles. The highest BCUT2D eigenvalue weighted by molar-refractivity contribution is 6.62. The van der Waals surface area contributed by atoms with Gasteiger partial charge in [0.2, 0.25) is 0 Å². The van der Waals surface area contributed by atoms with Crippen molar-refractivity contribution in [3.63, 3.8) is 0 Å². The fraction of sp³-hybridized carbons (Fsp3) is 0.552. The summed E-state index contributed by atoms with van der Waals surface area (Å²) in [5.74, 6) is 0. The Hall–Kier alpha value is -4.69. The molecule has 3 fully saturated rings. The molecule has 0 bridgehead atoms. The van der Waals surface area contributed by atoms with E-state index in [1.165, 1.54) is 79.6 Å². The van der Waals surface area contributed by atoms with E-state index in [4.69, 9.17) is 23.9 Å². The molecule has 75 heavy (non-hydrogen) atoms. The van der Waals surface area contributed by atoms with Crippen LogP contribution in [0.1, 0.15) is 220 Å². The van der Waals surface area contributed by atoms with Crippen LogP contribution in [0.3, 0.4) is 0 Å². The third-order valence-corrected chi connectivity index (χ3v) is 18.7. The molecule has 3 aliphatic rings. The molecule has 2 aliphatic carbocycles. The van der Waals surface area contributed by atoms with Gasteiger partial charge >= 0.3 is 13.3 Å². The van der Waals surface area contributed by atoms with Crippen molar-refractivity contribution >= 4 is 18.7 Å². The van der Waals surface area contributed by atoms with Gasteiger partial charge < -0.3 is 19.5 Å². The zero-order valence-electron chi connectivity index (χ0n) is 48.4. The number of benzene rings is 4. The molecule has 2 saturated carbocycles. The second-order valence-corrected chi connectivity index (χ2v) is 23.8. The van der Waals surface area contributed by atoms with E-state index in [-0.39, 0.29) is 35.3 Å². The molecule has 8 rings (SSSR count). The van der Waals surface area contributed by atoms with Gasteiger partial charge in [0.1, 0.15) is 0 Å². The summed E-state index contributed by atoms with van der Waals surface area (Å²) in [5.41, 5.74) is 16.6. The molecule has 4 aromatic carbocycles. The molecular formula is C67H92BNO6. The molecule has 404 valence electrons. The monoisotopic (exact) mass is 1020 g/mol. The molecule has 1 aromatic heterocycles. The summed E-state index contributed by atoms with van der Waals surface area (Å²) in [6.45, 7) is 28.8. The lowest BCUT2D eigenvalue weighted by Gasteiger charge is -2.34. The average Bonchev–Trinajstić information content (AvgIpc) is 4.08. The molecule has 0 amide bonds. The molecule has 1 aliphatic heterocycles. The van der Waals surface area contributed by atoms with Crippen LogP contribution in [0.15, 0.2) is 91.1 Å². The Morgan fingerprint density at radius 3 is 1.31 bits per heavy atom. The topological polar surface area (TPSA) is 106 Å². The Kier molecular flexibility index (Phi) is 20.0. The van der Waals surface area contributed by atoms with E-state index in [0.717, 1.165) is 114 Å². The first kappa shape index (κ1) is 59.6. The number of hydrogen-bond donors (Lipinski definition) is 2. The van der Waals surface area contributed by atoms with Crippen LogP contribution in [0.2, 0.25) is 0 Å². The predicted octanol–water partition coefficient (Wildman–Crippen LogP) is 15.0. The van der Waals surface area contributed by atoms with E-state index < -0.39 is 11.2 Å². The average molecular weight is 1020 g/mol. The third-order valence-electron chi connectivity index (χ3n) is 18.7. The van der Waals surface area contributed by atoms with Gasteiger partial charge in [-0.15, -0.1) is 0 Å². The van der Waals surface area contributed by atoms with Crippen molar-refractivity contribution in [3.05, 3.63) is 152 Å². The predicted molar refractivity (Wildman–Crippen MR) is 309 cm³/mol. The number of aryl methyl sites for hydroxylation is 7. The van der Waals surface area contributed by atoms with Gasteiger partial charge in [0.25, 0.3) is 0 Å². The van der Waals surface area contributed by atoms with E-state index >= 15 is 0 Å². The fourth-order valence-corrected chi connectivity index (χ4v) is 12.8. The first-order valence-electron chi connectivity index (χ1n) is 28.8. The van der Waals surface area contributed by atoms with Crippen molar-refractivity contribution in [1.29, 1.82) is 0 Å². The van der Waals surface area contributed by atoms with Crippen molar-refractivity contribution < 1.29 is 29.1 Å². The van der Waals surface area contributed by atoms with Gasteiger partial charge in [-0.2, -0.15) is 9.59 Å². The third kappa shape index (κ3) is 13.4. The molecule has 2 N–H and O–H groups in total. The molecule has 5 aromatic rings. The van der Waals surface area contributed by atoms with Gasteiger partial charge in [0, 0.05) is 22.6 Å². The highest BCUT2D eigenvalue weighted by Gasteiger charge is 2.52. The number of nitrogens with zero attached hydrogens (tertiary/aromatic N) is 1. The van der Waals surface area contributed by atoms with Crippen LogP contribution in [0, 0.1) is 27.7 Å². The van der Waals surface area contributed by atoms with Gasteiger partial charge in [-0.05, 0) is 206 Å². The van der Waals surface area contributed by atoms with Gasteiger partial charge in [0.15, 0.2) is 0 Å². The van der Waals surface area contributed by atoms with Gasteiger partial charge in [-0.1, -0.05) is 151 Å². The maximum Gasteiger partial charge on any atom is 0.495 e. The first-order chi connectivity index (χ1) is 35.6. The van der Waals surface area contributed by atoms with Gasteiger partial charge in [0.05, 0.1) is 28.1 Å². The van der Waals surface area contributed by atoms with E-state index in [1.807, 2.05) is 6.20 Å². The largest absolute Gasteiger partial charge is 0.495 e. The molecule has 1 saturated heterocycles. The molecular weight excluding hydrogens is 926 g/mol. The van der Waals surface area contributed by atoms with Crippen molar-refractivity contribution in [2.24, 2.45) is 0 Å². The summed E-state index contributed by atoms with van der Waals surface area (Å²) >= 11 is 0. The van der Waals surface area contributed by atoms with Crippen LogP contribution in [0.4, 0.5) is 0 Å². The Balaban J connectivity index is 0.000000232. The number of pyridine rings is 1. The minimum Gasteiger partial charge on any atom is -0.399 e. The van der Waals surface area contributed by atoms with Crippen LogP contribution >= 0.6 is 0 Å². The highest BCUT2D eigenvalue weighted by atomic mass is 16.7. The fourth-order valence-electron chi connectivity index (χ4n) is 12.8. The van der Waals surface area contributed by atoms with Gasteiger partial charge in [-0.25, -0.2) is 0 Å². The number of carbonyl (C=O) groups excluding carboxylic acids is 2. The Morgan fingerprint density at radius 2 is 0.947 bits per heavy atom. The van der Waals surface area contributed by atoms with Crippen LogP contribution in [0.5, 0.6) is 0 Å². The maximum absolute atomic E-state index is 10.8. The summed E-state index contributed by atoms with van der Waals surface area (Å²) < 4.78 is 12.7. The molecule has 0 spiro atoms. The van der Waals surface area contributed by atoms with E-state index in [9.17, 15) is 10.2 Å². The second kappa shape index (κ2) is 25.2. The number of aromatic nitrogens is 1. The zero-order valence-corrected chi connectivity index (χ0v) is 48.4. The lowest BCUT2D eigenvalue weighted by atomic mass is 9.67. The van der Waals surface area contributed by atoms with Crippen molar-refractivity contribution in [2.45, 2.75) is 239 Å². The minimum atomic E-state index is -0.446. The maximum atomic E-state index is 10.8. The quantitative estimate of drug-likeness (QED) is 0.0842. The first-order valence-corrected chi connectivity index (χ1v) is 28.8. The van der Waals surface area contributed by atoms with Crippen LogP contribution in [-0.4, -0.2) is 50.9 Å². The van der Waals surface area contributed by atoms with Crippen molar-refractivity contribution in [1.82, 2.24) is 4.98 Å². The van der Waals surface area contributed by atoms with Crippen LogP contribution < -0.4 is 5.46 Å². The molecule has 0 unspecified atom stereocenters. The smallest absolute Gasteiger partial charge is 0.399 e. The summed E-state index contributed by atoms with van der Waals surface area (Å²) in [6, 6.07) is 32.4. The summed E-state index contributed by atoms with van der Waals surface area (Å²) in [4.78, 5) is 21.0. The van der Waals surface area contributed by atoms with Gasteiger partial charge in [-0.3, -0.25) is 4.98 Å². The second-order valence-electron chi connectivity index (χ2n) is 23.8. The lowest BCUT2D eigenvalue weighted by Crippen LogP contribution is -2.41. The lowest BCUT2D eigenvalue weighted by molar-refractivity contribution is -0.191. The van der Waals surface area contributed by atoms with Crippen LogP contribution in [-0.2, 0) is 49.0 Å². The minimum absolute atomic E-state index is 0.00531. The molecule has 7 nitrogen and oxygen atoms in total. The normalized spacial score (nSPS) is 17.5. The van der Waals surface area contributed by atoms with Crippen molar-refractivity contribution in [2.75, 3.05) is 0 Å². The Labute approximate surface area is 453 Å². The highest BCUT2D eigenvalue weighted by Crippen LogP contribution is 2.44. The number of hydrogen-bond acceptors (Lipinski definition) is 7.